The highest BCUT2D eigenvalue weighted by molar-refractivity contribution is 9.10. The number of thiophene rings is 1. The molecule has 0 bridgehead atoms. The van der Waals surface area contributed by atoms with Gasteiger partial charge >= 0.3 is 0 Å². The fraction of sp³-hybridized carbons (Fsp3) is 0.429. The first-order valence-corrected chi connectivity index (χ1v) is 5.03. The molecule has 0 saturated heterocycles. The van der Waals surface area contributed by atoms with Gasteiger partial charge in [-0.1, -0.05) is 0 Å². The van der Waals surface area contributed by atoms with E-state index < -0.39 is 18.8 Å². The van der Waals surface area contributed by atoms with Gasteiger partial charge in [0.05, 0.1) is 6.61 Å². The van der Waals surface area contributed by atoms with Crippen LogP contribution in [0.3, 0.4) is 0 Å². The van der Waals surface area contributed by atoms with Gasteiger partial charge in [-0.3, -0.25) is 0 Å². The highest BCUT2D eigenvalue weighted by atomic mass is 79.9. The molecule has 2 unspecified atom stereocenters. The zero-order valence-corrected chi connectivity index (χ0v) is 8.55. The second kappa shape index (κ2) is 4.34. The third-order valence-electron chi connectivity index (χ3n) is 1.43. The molecule has 1 aromatic rings. The van der Waals surface area contributed by atoms with Gasteiger partial charge in [-0.15, -0.1) is 11.3 Å². The van der Waals surface area contributed by atoms with Gasteiger partial charge in [-0.2, -0.15) is 0 Å². The summed E-state index contributed by atoms with van der Waals surface area (Å²) >= 11 is 4.56. The van der Waals surface area contributed by atoms with Crippen LogP contribution in [0, 0.1) is 0 Å². The number of aliphatic hydroxyl groups is 3. The van der Waals surface area contributed by atoms with Crippen molar-refractivity contribution in [3.63, 3.8) is 0 Å². The molecule has 0 aromatic carbocycles. The quantitative estimate of drug-likeness (QED) is 0.750. The van der Waals surface area contributed by atoms with Crippen molar-refractivity contribution in [3.05, 3.63) is 20.8 Å². The fourth-order valence-corrected chi connectivity index (χ4v) is 2.26. The minimum atomic E-state index is -1.10. The highest BCUT2D eigenvalue weighted by Gasteiger charge is 2.18. The number of hydrogen-bond donors (Lipinski definition) is 3. The first-order chi connectivity index (χ1) is 5.65. The van der Waals surface area contributed by atoms with Crippen LogP contribution in [0.5, 0.6) is 0 Å². The fourth-order valence-electron chi connectivity index (χ4n) is 0.773. The zero-order valence-electron chi connectivity index (χ0n) is 6.14. The number of hydrogen-bond acceptors (Lipinski definition) is 4. The van der Waals surface area contributed by atoms with Crippen LogP contribution in [-0.2, 0) is 0 Å². The molecule has 0 aliphatic heterocycles. The molecule has 1 rings (SSSR count). The Labute approximate surface area is 82.4 Å². The minimum absolute atomic E-state index is 0.434. The summed E-state index contributed by atoms with van der Waals surface area (Å²) in [5.41, 5.74) is 0. The van der Waals surface area contributed by atoms with E-state index >= 15 is 0 Å². The topological polar surface area (TPSA) is 60.7 Å². The third-order valence-corrected chi connectivity index (χ3v) is 3.19. The summed E-state index contributed by atoms with van der Waals surface area (Å²) in [4.78, 5) is 0.642. The zero-order chi connectivity index (χ0) is 9.14. The number of aliphatic hydroxyl groups excluding tert-OH is 3. The lowest BCUT2D eigenvalue weighted by molar-refractivity contribution is -0.0135. The maximum atomic E-state index is 9.38. The van der Waals surface area contributed by atoms with Gasteiger partial charge in [0.2, 0.25) is 0 Å². The summed E-state index contributed by atoms with van der Waals surface area (Å²) in [6.07, 6.45) is -2.10. The number of halogens is 1. The maximum Gasteiger partial charge on any atom is 0.116 e. The molecule has 3 nitrogen and oxygen atoms in total. The Balaban J connectivity index is 2.70. The van der Waals surface area contributed by atoms with E-state index in [1.165, 1.54) is 11.3 Å². The van der Waals surface area contributed by atoms with Gasteiger partial charge in [0, 0.05) is 14.7 Å². The maximum absolute atomic E-state index is 9.38. The van der Waals surface area contributed by atoms with E-state index in [1.54, 1.807) is 6.07 Å². The molecule has 12 heavy (non-hydrogen) atoms. The average molecular weight is 253 g/mol. The van der Waals surface area contributed by atoms with E-state index in [0.29, 0.717) is 4.88 Å². The minimum Gasteiger partial charge on any atom is -0.394 e. The van der Waals surface area contributed by atoms with Gasteiger partial charge in [-0.25, -0.2) is 0 Å². The molecule has 0 saturated carbocycles. The van der Waals surface area contributed by atoms with E-state index in [4.69, 9.17) is 10.2 Å². The first-order valence-electron chi connectivity index (χ1n) is 3.36. The summed E-state index contributed by atoms with van der Waals surface area (Å²) in [7, 11) is 0. The van der Waals surface area contributed by atoms with Crippen LogP contribution in [0.1, 0.15) is 11.0 Å². The van der Waals surface area contributed by atoms with Crippen LogP contribution >= 0.6 is 27.3 Å². The first kappa shape index (κ1) is 10.1. The predicted octanol–water partition coefficient (Wildman–Crippen LogP) is 0.897. The van der Waals surface area contributed by atoms with Crippen LogP contribution in [-0.4, -0.2) is 28.0 Å². The number of rotatable bonds is 3. The van der Waals surface area contributed by atoms with Gasteiger partial charge in [0.15, 0.2) is 0 Å². The Kier molecular flexibility index (Phi) is 3.67. The molecular formula is C7H9BrO3S. The van der Waals surface area contributed by atoms with Gasteiger partial charge in [0.1, 0.15) is 12.2 Å². The second-order valence-electron chi connectivity index (χ2n) is 2.36. The molecule has 1 aromatic heterocycles. The lowest BCUT2D eigenvalue weighted by Gasteiger charge is -2.12. The highest BCUT2D eigenvalue weighted by Crippen LogP contribution is 2.27. The van der Waals surface area contributed by atoms with Crippen LogP contribution in [0.4, 0.5) is 0 Å². The molecule has 0 aliphatic carbocycles. The molecule has 0 fully saturated rings. The molecule has 3 N–H and O–H groups in total. The Morgan fingerprint density at radius 1 is 1.50 bits per heavy atom. The van der Waals surface area contributed by atoms with E-state index in [0.717, 1.165) is 4.47 Å². The van der Waals surface area contributed by atoms with E-state index in [-0.39, 0.29) is 0 Å². The van der Waals surface area contributed by atoms with Crippen molar-refractivity contribution in [1.29, 1.82) is 0 Å². The van der Waals surface area contributed by atoms with Gasteiger partial charge in [0.25, 0.3) is 0 Å². The molecule has 0 aliphatic rings. The Hall–Kier alpha value is 0.0600. The van der Waals surface area contributed by atoms with Gasteiger partial charge in [-0.05, 0) is 22.0 Å². The van der Waals surface area contributed by atoms with Crippen molar-refractivity contribution < 1.29 is 15.3 Å². The standard InChI is InChI=1S/C7H9BrO3S/c8-4-1-6(12-3-4)7(11)5(10)2-9/h1,3,5,7,9-11H,2H2. The summed E-state index contributed by atoms with van der Waals surface area (Å²) in [5, 5.41) is 28.8. The van der Waals surface area contributed by atoms with Crippen molar-refractivity contribution >= 4 is 27.3 Å². The summed E-state index contributed by atoms with van der Waals surface area (Å²) in [6.45, 7) is -0.434. The second-order valence-corrected chi connectivity index (χ2v) is 4.22. The van der Waals surface area contributed by atoms with Crippen molar-refractivity contribution in [2.45, 2.75) is 12.2 Å². The SMILES string of the molecule is OCC(O)C(O)c1cc(Br)cs1. The normalized spacial score (nSPS) is 16.0. The largest absolute Gasteiger partial charge is 0.394 e. The van der Waals surface area contributed by atoms with Crippen LogP contribution < -0.4 is 0 Å². The lowest BCUT2D eigenvalue weighted by Crippen LogP contribution is -2.21. The van der Waals surface area contributed by atoms with E-state index in [1.807, 2.05) is 5.38 Å². The Morgan fingerprint density at radius 2 is 2.17 bits per heavy atom. The molecule has 0 amide bonds. The van der Waals surface area contributed by atoms with Crippen molar-refractivity contribution in [2.24, 2.45) is 0 Å². The predicted molar refractivity (Wildman–Crippen MR) is 50.1 cm³/mol. The molecule has 5 heteroatoms. The third kappa shape index (κ3) is 2.27. The van der Waals surface area contributed by atoms with Crippen LogP contribution in [0.15, 0.2) is 15.9 Å². The average Bonchev–Trinajstić information content (AvgIpc) is 2.49. The molecular weight excluding hydrogens is 244 g/mol. The van der Waals surface area contributed by atoms with Crippen LogP contribution in [0.2, 0.25) is 0 Å². The van der Waals surface area contributed by atoms with Crippen LogP contribution in [0.25, 0.3) is 0 Å². The van der Waals surface area contributed by atoms with E-state index in [2.05, 4.69) is 15.9 Å². The van der Waals surface area contributed by atoms with Crippen molar-refractivity contribution in [1.82, 2.24) is 0 Å². The smallest absolute Gasteiger partial charge is 0.116 e. The lowest BCUT2D eigenvalue weighted by atomic mass is 10.2. The monoisotopic (exact) mass is 252 g/mol. The Morgan fingerprint density at radius 3 is 2.58 bits per heavy atom. The van der Waals surface area contributed by atoms with Crippen molar-refractivity contribution in [2.75, 3.05) is 6.61 Å². The molecule has 0 spiro atoms. The molecule has 0 radical (unpaired) electrons. The molecule has 2 atom stereocenters. The molecule has 68 valence electrons. The van der Waals surface area contributed by atoms with Gasteiger partial charge < -0.3 is 15.3 Å². The van der Waals surface area contributed by atoms with E-state index in [9.17, 15) is 5.11 Å². The summed E-state index contributed by atoms with van der Waals surface area (Å²) < 4.78 is 0.867. The summed E-state index contributed by atoms with van der Waals surface area (Å²) in [5.74, 6) is 0. The van der Waals surface area contributed by atoms with Crippen molar-refractivity contribution in [3.8, 4) is 0 Å². The molecule has 1 heterocycles. The Bertz CT molecular complexity index is 251. The summed E-state index contributed by atoms with van der Waals surface area (Å²) in [6, 6.07) is 1.72.